The maximum absolute atomic E-state index is 12.4. The van der Waals surface area contributed by atoms with Crippen molar-refractivity contribution in [1.29, 1.82) is 5.41 Å². The smallest absolute Gasteiger partial charge is 0.343 e. The minimum Gasteiger partial charge on any atom is -0.465 e. The molecule has 0 bridgehead atoms. The summed E-state index contributed by atoms with van der Waals surface area (Å²) in [5, 5.41) is 7.37. The molecule has 0 aromatic heterocycles. The zero-order chi connectivity index (χ0) is 23.0. The number of carbonyl (C=O) groups is 3. The van der Waals surface area contributed by atoms with Gasteiger partial charge in [-0.3, -0.25) is 15.0 Å². The number of amides is 1. The molecule has 0 saturated carbocycles. The summed E-state index contributed by atoms with van der Waals surface area (Å²) in [5.74, 6) is -1.03. The van der Waals surface area contributed by atoms with E-state index in [4.69, 9.17) is 20.6 Å². The molecule has 0 aliphatic rings. The van der Waals surface area contributed by atoms with E-state index in [1.807, 2.05) is 0 Å². The number of nitrogen functional groups attached to an aromatic ring is 1. The van der Waals surface area contributed by atoms with Gasteiger partial charge in [-0.1, -0.05) is 12.1 Å². The molecule has 8 heteroatoms. The van der Waals surface area contributed by atoms with Gasteiger partial charge in [-0.2, -0.15) is 0 Å². The quantitative estimate of drug-likeness (QED) is 0.221. The summed E-state index contributed by atoms with van der Waals surface area (Å²) < 4.78 is 10.2. The Labute approximate surface area is 180 Å². The molecule has 162 valence electrons. The van der Waals surface area contributed by atoms with Crippen LogP contribution in [-0.2, 0) is 14.3 Å². The molecular formula is C23H25N3O5. The second kappa shape index (κ2) is 10.7. The van der Waals surface area contributed by atoms with Crippen molar-refractivity contribution in [1.82, 2.24) is 4.90 Å². The average Bonchev–Trinajstić information content (AvgIpc) is 2.74. The molecule has 2 aromatic carbocycles. The van der Waals surface area contributed by atoms with Gasteiger partial charge in [0, 0.05) is 18.2 Å². The Kier molecular flexibility index (Phi) is 8.08. The fourth-order valence-corrected chi connectivity index (χ4v) is 2.67. The Morgan fingerprint density at radius 3 is 2.16 bits per heavy atom. The molecule has 0 fully saturated rings. The summed E-state index contributed by atoms with van der Waals surface area (Å²) in [4.78, 5) is 37.5. The number of esters is 2. The highest BCUT2D eigenvalue weighted by atomic mass is 16.5. The minimum absolute atomic E-state index is 0.0672. The van der Waals surface area contributed by atoms with Crippen molar-refractivity contribution in [2.75, 3.05) is 20.2 Å². The number of amidine groups is 1. The van der Waals surface area contributed by atoms with Gasteiger partial charge in [0.25, 0.3) is 0 Å². The highest BCUT2D eigenvalue weighted by Crippen LogP contribution is 2.16. The monoisotopic (exact) mass is 423 g/mol. The standard InChI is InChI=1S/C23H25N3O5/c1-4-30-20(27)14-26(3)22(28)15(2)13-16-5-7-18(8-6-16)23(29)31-19-11-9-17(10-12-19)21(24)25/h5-13H,4,14H2,1-3H3,(H3,24,25)/b15-13+. The number of likely N-dealkylation sites (N-methyl/N-ethyl adjacent to an activating group) is 1. The molecule has 2 aromatic rings. The fraction of sp³-hybridized carbons (Fsp3) is 0.217. The third-order valence-electron chi connectivity index (χ3n) is 4.26. The Balaban J connectivity index is 2.01. The molecule has 1 amide bonds. The predicted octanol–water partition coefficient (Wildman–Crippen LogP) is 2.61. The van der Waals surface area contributed by atoms with Gasteiger partial charge in [-0.15, -0.1) is 0 Å². The minimum atomic E-state index is -0.534. The Bertz CT molecular complexity index is 995. The number of nitrogens with zero attached hydrogens (tertiary/aromatic N) is 1. The molecule has 0 aliphatic carbocycles. The van der Waals surface area contributed by atoms with Crippen molar-refractivity contribution in [3.63, 3.8) is 0 Å². The number of nitrogens with one attached hydrogen (secondary N) is 1. The first-order valence-corrected chi connectivity index (χ1v) is 9.57. The van der Waals surface area contributed by atoms with E-state index in [2.05, 4.69) is 0 Å². The number of hydrogen-bond donors (Lipinski definition) is 2. The van der Waals surface area contributed by atoms with E-state index in [0.29, 0.717) is 22.4 Å². The van der Waals surface area contributed by atoms with E-state index < -0.39 is 11.9 Å². The van der Waals surface area contributed by atoms with E-state index in [1.165, 1.54) is 11.9 Å². The van der Waals surface area contributed by atoms with Gasteiger partial charge in [-0.05, 0) is 61.9 Å². The second-order valence-corrected chi connectivity index (χ2v) is 6.74. The van der Waals surface area contributed by atoms with Gasteiger partial charge in [0.1, 0.15) is 18.1 Å². The summed E-state index contributed by atoms with van der Waals surface area (Å²) in [6.45, 7) is 3.48. The maximum Gasteiger partial charge on any atom is 0.343 e. The van der Waals surface area contributed by atoms with Crippen LogP contribution in [0.2, 0.25) is 0 Å². The Hall–Kier alpha value is -3.94. The highest BCUT2D eigenvalue weighted by molar-refractivity contribution is 5.99. The molecule has 0 aliphatic heterocycles. The lowest BCUT2D eigenvalue weighted by Crippen LogP contribution is -2.33. The van der Waals surface area contributed by atoms with Crippen LogP contribution in [0, 0.1) is 5.41 Å². The van der Waals surface area contributed by atoms with Crippen molar-refractivity contribution in [2.45, 2.75) is 13.8 Å². The first kappa shape index (κ1) is 23.3. The van der Waals surface area contributed by atoms with E-state index in [1.54, 1.807) is 68.5 Å². The molecule has 3 N–H and O–H groups in total. The lowest BCUT2D eigenvalue weighted by atomic mass is 10.1. The van der Waals surface area contributed by atoms with Crippen LogP contribution in [-0.4, -0.2) is 48.8 Å². The van der Waals surface area contributed by atoms with Crippen molar-refractivity contribution in [3.05, 3.63) is 70.8 Å². The first-order chi connectivity index (χ1) is 14.7. The molecule has 2 rings (SSSR count). The second-order valence-electron chi connectivity index (χ2n) is 6.74. The Morgan fingerprint density at radius 1 is 1.03 bits per heavy atom. The van der Waals surface area contributed by atoms with Crippen LogP contribution in [0.3, 0.4) is 0 Å². The van der Waals surface area contributed by atoms with Gasteiger partial charge in [-0.25, -0.2) is 4.79 Å². The molecule has 0 radical (unpaired) electrons. The van der Waals surface area contributed by atoms with Crippen LogP contribution in [0.25, 0.3) is 6.08 Å². The molecule has 0 unspecified atom stereocenters. The van der Waals surface area contributed by atoms with Gasteiger partial charge >= 0.3 is 11.9 Å². The van der Waals surface area contributed by atoms with Gasteiger partial charge in [0.15, 0.2) is 0 Å². The van der Waals surface area contributed by atoms with Crippen LogP contribution in [0.15, 0.2) is 54.1 Å². The maximum atomic E-state index is 12.4. The predicted molar refractivity (Wildman–Crippen MR) is 117 cm³/mol. The molecule has 31 heavy (non-hydrogen) atoms. The number of benzene rings is 2. The summed E-state index contributed by atoms with van der Waals surface area (Å²) in [6.07, 6.45) is 1.67. The van der Waals surface area contributed by atoms with Crippen molar-refractivity contribution in [2.24, 2.45) is 5.73 Å². The van der Waals surface area contributed by atoms with E-state index in [9.17, 15) is 14.4 Å². The van der Waals surface area contributed by atoms with Gasteiger partial charge < -0.3 is 20.1 Å². The van der Waals surface area contributed by atoms with Crippen molar-refractivity contribution >= 4 is 29.8 Å². The number of carbonyl (C=O) groups excluding carboxylic acids is 3. The van der Waals surface area contributed by atoms with E-state index in [0.717, 1.165) is 5.56 Å². The summed E-state index contributed by atoms with van der Waals surface area (Å²) in [6, 6.07) is 12.9. The summed E-state index contributed by atoms with van der Waals surface area (Å²) in [5.41, 5.74) is 7.44. The van der Waals surface area contributed by atoms with Gasteiger partial charge in [0.2, 0.25) is 5.91 Å². The first-order valence-electron chi connectivity index (χ1n) is 9.57. The van der Waals surface area contributed by atoms with Crippen molar-refractivity contribution < 1.29 is 23.9 Å². The number of rotatable bonds is 8. The average molecular weight is 423 g/mol. The zero-order valence-corrected chi connectivity index (χ0v) is 17.7. The lowest BCUT2D eigenvalue weighted by molar-refractivity contribution is -0.147. The lowest BCUT2D eigenvalue weighted by Gasteiger charge is -2.16. The van der Waals surface area contributed by atoms with E-state index >= 15 is 0 Å². The van der Waals surface area contributed by atoms with Crippen LogP contribution >= 0.6 is 0 Å². The zero-order valence-electron chi connectivity index (χ0n) is 17.7. The SMILES string of the molecule is CCOC(=O)CN(C)C(=O)/C(C)=C/c1ccc(C(=O)Oc2ccc(C(=N)N)cc2)cc1. The highest BCUT2D eigenvalue weighted by Gasteiger charge is 2.15. The number of ether oxygens (including phenoxy) is 2. The third kappa shape index (κ3) is 6.81. The molecule has 0 spiro atoms. The largest absolute Gasteiger partial charge is 0.465 e. The van der Waals surface area contributed by atoms with Crippen LogP contribution in [0.4, 0.5) is 0 Å². The molecule has 0 saturated heterocycles. The molecule has 8 nitrogen and oxygen atoms in total. The topological polar surface area (TPSA) is 123 Å². The number of nitrogens with two attached hydrogens (primary N) is 1. The summed E-state index contributed by atoms with van der Waals surface area (Å²) in [7, 11) is 1.53. The molecular weight excluding hydrogens is 398 g/mol. The molecule has 0 heterocycles. The van der Waals surface area contributed by atoms with E-state index in [-0.39, 0.29) is 24.9 Å². The van der Waals surface area contributed by atoms with Crippen LogP contribution < -0.4 is 10.5 Å². The summed E-state index contributed by atoms with van der Waals surface area (Å²) >= 11 is 0. The number of hydrogen-bond acceptors (Lipinski definition) is 6. The van der Waals surface area contributed by atoms with Gasteiger partial charge in [0.05, 0.1) is 12.2 Å². The molecule has 0 atom stereocenters. The fourth-order valence-electron chi connectivity index (χ4n) is 2.67. The van der Waals surface area contributed by atoms with Crippen LogP contribution in [0.5, 0.6) is 5.75 Å². The third-order valence-corrected chi connectivity index (χ3v) is 4.26. The normalized spacial score (nSPS) is 10.9. The Morgan fingerprint density at radius 2 is 1.61 bits per heavy atom. The van der Waals surface area contributed by atoms with Crippen molar-refractivity contribution in [3.8, 4) is 5.75 Å². The van der Waals surface area contributed by atoms with Crippen LogP contribution in [0.1, 0.15) is 35.3 Å².